The second-order valence-electron chi connectivity index (χ2n) is 4.86. The third-order valence-electron chi connectivity index (χ3n) is 3.16. The molecule has 19 heavy (non-hydrogen) atoms. The van der Waals surface area contributed by atoms with E-state index in [-0.39, 0.29) is 0 Å². The maximum Gasteiger partial charge on any atom is 0.0897 e. The highest BCUT2D eigenvalue weighted by Crippen LogP contribution is 2.15. The molecule has 0 aliphatic carbocycles. The van der Waals surface area contributed by atoms with Gasteiger partial charge in [0, 0.05) is 19.2 Å². The van der Waals surface area contributed by atoms with Crippen LogP contribution in [0.1, 0.15) is 44.7 Å². The van der Waals surface area contributed by atoms with Crippen LogP contribution >= 0.6 is 0 Å². The number of hydrogen-bond acceptors (Lipinski definition) is 3. The molecular weight excluding hydrogens is 238 g/mol. The van der Waals surface area contributed by atoms with E-state index in [0.717, 1.165) is 25.9 Å². The molecule has 2 N–H and O–H groups in total. The van der Waals surface area contributed by atoms with Crippen molar-refractivity contribution in [3.05, 3.63) is 35.9 Å². The molecule has 0 aliphatic heterocycles. The number of hydrogen-bond donors (Lipinski definition) is 2. The fourth-order valence-electron chi connectivity index (χ4n) is 1.99. The largest absolute Gasteiger partial charge is 0.389 e. The summed E-state index contributed by atoms with van der Waals surface area (Å²) in [7, 11) is 0. The van der Waals surface area contributed by atoms with E-state index in [1.165, 1.54) is 5.56 Å². The van der Waals surface area contributed by atoms with Crippen molar-refractivity contribution < 1.29 is 9.84 Å². The van der Waals surface area contributed by atoms with Gasteiger partial charge in [0.15, 0.2) is 0 Å². The number of ether oxygens (including phenoxy) is 1. The van der Waals surface area contributed by atoms with Gasteiger partial charge in [-0.25, -0.2) is 0 Å². The highest BCUT2D eigenvalue weighted by atomic mass is 16.5. The molecule has 0 fully saturated rings. The van der Waals surface area contributed by atoms with E-state index in [1.54, 1.807) is 0 Å². The first kappa shape index (κ1) is 16.2. The Morgan fingerprint density at radius 2 is 1.95 bits per heavy atom. The quantitative estimate of drug-likeness (QED) is 0.639. The molecule has 2 atom stereocenters. The van der Waals surface area contributed by atoms with E-state index in [1.807, 2.05) is 18.2 Å². The summed E-state index contributed by atoms with van der Waals surface area (Å²) in [5.41, 5.74) is 1.27. The summed E-state index contributed by atoms with van der Waals surface area (Å²) in [6.45, 7) is 6.00. The predicted molar refractivity (Wildman–Crippen MR) is 79.2 cm³/mol. The SMILES string of the molecule is CCCCOCC(O)CNC(CC)c1ccccc1. The van der Waals surface area contributed by atoms with Gasteiger partial charge >= 0.3 is 0 Å². The average Bonchev–Trinajstić information content (AvgIpc) is 2.45. The van der Waals surface area contributed by atoms with Crippen LogP contribution in [-0.4, -0.2) is 31.0 Å². The molecule has 2 unspecified atom stereocenters. The van der Waals surface area contributed by atoms with Crippen molar-refractivity contribution in [1.82, 2.24) is 5.32 Å². The number of aliphatic hydroxyl groups excluding tert-OH is 1. The number of benzene rings is 1. The first-order valence-electron chi connectivity index (χ1n) is 7.32. The van der Waals surface area contributed by atoms with Crippen molar-refractivity contribution in [3.8, 4) is 0 Å². The van der Waals surface area contributed by atoms with Crippen molar-refractivity contribution in [2.75, 3.05) is 19.8 Å². The van der Waals surface area contributed by atoms with Gasteiger partial charge in [-0.1, -0.05) is 50.6 Å². The van der Waals surface area contributed by atoms with Crippen LogP contribution in [0.2, 0.25) is 0 Å². The van der Waals surface area contributed by atoms with Crippen LogP contribution in [0.15, 0.2) is 30.3 Å². The van der Waals surface area contributed by atoms with Crippen LogP contribution in [0.5, 0.6) is 0 Å². The van der Waals surface area contributed by atoms with Crippen LogP contribution in [0, 0.1) is 0 Å². The monoisotopic (exact) mass is 265 g/mol. The van der Waals surface area contributed by atoms with Crippen molar-refractivity contribution in [2.24, 2.45) is 0 Å². The Morgan fingerprint density at radius 1 is 1.21 bits per heavy atom. The molecule has 1 aromatic carbocycles. The molecule has 0 saturated carbocycles. The maximum absolute atomic E-state index is 9.85. The van der Waals surface area contributed by atoms with Gasteiger partial charge in [-0.3, -0.25) is 0 Å². The molecule has 0 radical (unpaired) electrons. The smallest absolute Gasteiger partial charge is 0.0897 e. The van der Waals surface area contributed by atoms with E-state index in [0.29, 0.717) is 19.2 Å². The Labute approximate surface area is 117 Å². The first-order chi connectivity index (χ1) is 9.27. The molecule has 0 heterocycles. The van der Waals surface area contributed by atoms with Gasteiger partial charge in [0.2, 0.25) is 0 Å². The number of unbranched alkanes of at least 4 members (excludes halogenated alkanes) is 1. The second-order valence-corrected chi connectivity index (χ2v) is 4.86. The standard InChI is InChI=1S/C16H27NO2/c1-3-5-11-19-13-15(18)12-17-16(4-2)14-9-7-6-8-10-14/h6-10,15-18H,3-5,11-13H2,1-2H3. The lowest BCUT2D eigenvalue weighted by Gasteiger charge is -2.20. The number of rotatable bonds is 10. The second kappa shape index (κ2) is 9.96. The maximum atomic E-state index is 9.85. The Balaban J connectivity index is 2.25. The van der Waals surface area contributed by atoms with Gasteiger partial charge in [0.05, 0.1) is 12.7 Å². The normalized spacial score (nSPS) is 14.3. The molecule has 0 spiro atoms. The Hall–Kier alpha value is -0.900. The summed E-state index contributed by atoms with van der Waals surface area (Å²) in [5, 5.41) is 13.2. The highest BCUT2D eigenvalue weighted by molar-refractivity contribution is 5.18. The van der Waals surface area contributed by atoms with Crippen molar-refractivity contribution in [1.29, 1.82) is 0 Å². The molecule has 0 aliphatic rings. The summed E-state index contributed by atoms with van der Waals surface area (Å²) in [6, 6.07) is 10.6. The number of aliphatic hydroxyl groups is 1. The molecule has 3 nitrogen and oxygen atoms in total. The minimum Gasteiger partial charge on any atom is -0.389 e. The van der Waals surface area contributed by atoms with E-state index in [9.17, 15) is 5.11 Å². The molecule has 1 rings (SSSR count). The zero-order chi connectivity index (χ0) is 13.9. The number of nitrogens with one attached hydrogen (secondary N) is 1. The van der Waals surface area contributed by atoms with E-state index < -0.39 is 6.10 Å². The Bertz CT molecular complexity index is 316. The molecular formula is C16H27NO2. The van der Waals surface area contributed by atoms with Gasteiger partial charge in [-0.15, -0.1) is 0 Å². The summed E-state index contributed by atoms with van der Waals surface area (Å²) in [5.74, 6) is 0. The predicted octanol–water partition coefficient (Wildman–Crippen LogP) is 2.90. The van der Waals surface area contributed by atoms with Gasteiger partial charge in [0.1, 0.15) is 0 Å². The van der Waals surface area contributed by atoms with Crippen molar-refractivity contribution in [2.45, 2.75) is 45.3 Å². The van der Waals surface area contributed by atoms with Crippen LogP contribution in [-0.2, 0) is 4.74 Å². The molecule has 0 saturated heterocycles. The summed E-state index contributed by atoms with van der Waals surface area (Å²) >= 11 is 0. The fourth-order valence-corrected chi connectivity index (χ4v) is 1.99. The van der Waals surface area contributed by atoms with Crippen LogP contribution < -0.4 is 5.32 Å². The Morgan fingerprint density at radius 3 is 2.58 bits per heavy atom. The molecule has 0 bridgehead atoms. The third kappa shape index (κ3) is 6.71. The van der Waals surface area contributed by atoms with Crippen molar-refractivity contribution in [3.63, 3.8) is 0 Å². The third-order valence-corrected chi connectivity index (χ3v) is 3.16. The minimum atomic E-state index is -0.436. The zero-order valence-electron chi connectivity index (χ0n) is 12.1. The average molecular weight is 265 g/mol. The van der Waals surface area contributed by atoms with Crippen LogP contribution in [0.3, 0.4) is 0 Å². The van der Waals surface area contributed by atoms with Crippen molar-refractivity contribution >= 4 is 0 Å². The fraction of sp³-hybridized carbons (Fsp3) is 0.625. The Kier molecular flexibility index (Phi) is 8.47. The lowest BCUT2D eigenvalue weighted by Crippen LogP contribution is -2.33. The van der Waals surface area contributed by atoms with Crippen LogP contribution in [0.4, 0.5) is 0 Å². The summed E-state index contributed by atoms with van der Waals surface area (Å²) in [4.78, 5) is 0. The van der Waals surface area contributed by atoms with E-state index >= 15 is 0 Å². The van der Waals surface area contributed by atoms with E-state index in [4.69, 9.17) is 4.74 Å². The molecule has 3 heteroatoms. The lowest BCUT2D eigenvalue weighted by atomic mass is 10.0. The van der Waals surface area contributed by atoms with E-state index in [2.05, 4.69) is 31.3 Å². The first-order valence-corrected chi connectivity index (χ1v) is 7.32. The summed E-state index contributed by atoms with van der Waals surface area (Å²) in [6.07, 6.45) is 2.75. The van der Waals surface area contributed by atoms with Gasteiger partial charge < -0.3 is 15.2 Å². The molecule has 108 valence electrons. The summed E-state index contributed by atoms with van der Waals surface area (Å²) < 4.78 is 5.42. The van der Waals surface area contributed by atoms with Gasteiger partial charge in [-0.05, 0) is 18.4 Å². The lowest BCUT2D eigenvalue weighted by molar-refractivity contribution is 0.0345. The minimum absolute atomic E-state index is 0.298. The van der Waals surface area contributed by atoms with Gasteiger partial charge in [-0.2, -0.15) is 0 Å². The molecule has 0 amide bonds. The molecule has 1 aromatic rings. The molecule has 0 aromatic heterocycles. The zero-order valence-corrected chi connectivity index (χ0v) is 12.1. The van der Waals surface area contributed by atoms with Gasteiger partial charge in [0.25, 0.3) is 0 Å². The highest BCUT2D eigenvalue weighted by Gasteiger charge is 2.11. The van der Waals surface area contributed by atoms with Crippen LogP contribution in [0.25, 0.3) is 0 Å². The topological polar surface area (TPSA) is 41.5 Å².